The van der Waals surface area contributed by atoms with Crippen LogP contribution in [0.1, 0.15) is 6.92 Å². The maximum atomic E-state index is 11.1. The van der Waals surface area contributed by atoms with E-state index in [1.54, 1.807) is 0 Å². The molecule has 0 saturated carbocycles. The van der Waals surface area contributed by atoms with Crippen LogP contribution >= 0.6 is 0 Å². The zero-order valence-corrected chi connectivity index (χ0v) is 7.19. The Bertz CT molecular complexity index is 290. The minimum atomic E-state index is -1.14. The molecule has 1 aliphatic heterocycles. The molecule has 1 N–H and O–H groups in total. The predicted molar refractivity (Wildman–Crippen MR) is 44.8 cm³/mol. The molecule has 0 aromatic heterocycles. The first kappa shape index (κ1) is 9.83. The van der Waals surface area contributed by atoms with Gasteiger partial charge in [-0.2, -0.15) is 0 Å². The van der Waals surface area contributed by atoms with Crippen molar-refractivity contribution in [3.63, 3.8) is 0 Å². The van der Waals surface area contributed by atoms with E-state index in [9.17, 15) is 9.59 Å². The van der Waals surface area contributed by atoms with Gasteiger partial charge in [0.05, 0.1) is 0 Å². The third kappa shape index (κ3) is 2.11. The van der Waals surface area contributed by atoms with Crippen molar-refractivity contribution in [2.75, 3.05) is 0 Å². The number of hydrogen-bond acceptors (Lipinski definition) is 4. The molecule has 1 aliphatic rings. The van der Waals surface area contributed by atoms with Crippen molar-refractivity contribution in [3.05, 3.63) is 24.3 Å². The van der Waals surface area contributed by atoms with E-state index in [1.807, 2.05) is 0 Å². The number of ketones is 2. The van der Waals surface area contributed by atoms with Crippen molar-refractivity contribution >= 4 is 11.6 Å². The van der Waals surface area contributed by atoms with Crippen LogP contribution in [0.25, 0.3) is 0 Å². The topological polar surface area (TPSA) is 63.6 Å². The Kier molecular flexibility index (Phi) is 2.75. The molecule has 0 radical (unpaired) electrons. The lowest BCUT2D eigenvalue weighted by Gasteiger charge is -2.21. The Morgan fingerprint density at radius 3 is 2.85 bits per heavy atom. The molecule has 1 heterocycles. The second-order valence-electron chi connectivity index (χ2n) is 2.75. The second-order valence-corrected chi connectivity index (χ2v) is 2.75. The van der Waals surface area contributed by atoms with Crippen molar-refractivity contribution in [1.82, 2.24) is 0 Å². The fourth-order valence-corrected chi connectivity index (χ4v) is 0.955. The van der Waals surface area contributed by atoms with Gasteiger partial charge in [-0.25, -0.2) is 0 Å². The molecule has 0 unspecified atom stereocenters. The van der Waals surface area contributed by atoms with Crippen molar-refractivity contribution in [2.24, 2.45) is 0 Å². The zero-order valence-electron chi connectivity index (χ0n) is 7.19. The van der Waals surface area contributed by atoms with Crippen LogP contribution in [0.5, 0.6) is 0 Å². The van der Waals surface area contributed by atoms with E-state index < -0.39 is 12.4 Å². The van der Waals surface area contributed by atoms with Crippen LogP contribution in [0.15, 0.2) is 24.3 Å². The van der Waals surface area contributed by atoms with Crippen LogP contribution < -0.4 is 0 Å². The number of Topliss-reactive ketones (excluding diaryl/α,β-unsaturated/α-hetero) is 1. The van der Waals surface area contributed by atoms with Gasteiger partial charge < -0.3 is 9.84 Å². The average Bonchev–Trinajstić information content (AvgIpc) is 2.08. The molecular formula is C9H10O4. The molecule has 2 atom stereocenters. The van der Waals surface area contributed by atoms with Gasteiger partial charge in [0.25, 0.3) is 0 Å². The van der Waals surface area contributed by atoms with E-state index in [4.69, 9.17) is 9.84 Å². The van der Waals surface area contributed by atoms with Gasteiger partial charge in [-0.1, -0.05) is 6.58 Å². The highest BCUT2D eigenvalue weighted by molar-refractivity contribution is 6.05. The summed E-state index contributed by atoms with van der Waals surface area (Å²) in [6.45, 7) is 4.72. The number of ether oxygens (including phenoxy) is 1. The number of rotatable bonds is 2. The highest BCUT2D eigenvalue weighted by atomic mass is 16.6. The molecule has 0 saturated heterocycles. The Labute approximate surface area is 75.5 Å². The summed E-state index contributed by atoms with van der Waals surface area (Å²) in [6, 6.07) is 0. The Balaban J connectivity index is 2.82. The Morgan fingerprint density at radius 2 is 2.31 bits per heavy atom. The van der Waals surface area contributed by atoms with Crippen LogP contribution in [0.4, 0.5) is 0 Å². The summed E-state index contributed by atoms with van der Waals surface area (Å²) >= 11 is 0. The van der Waals surface area contributed by atoms with E-state index >= 15 is 0 Å². The van der Waals surface area contributed by atoms with Gasteiger partial charge in [-0.15, -0.1) is 0 Å². The molecule has 0 aliphatic carbocycles. The SMILES string of the molecule is C=C(C(C)=O)[C@H]1O[C@H](O)C=CC1=O. The van der Waals surface area contributed by atoms with Crippen molar-refractivity contribution in [2.45, 2.75) is 19.3 Å². The lowest BCUT2D eigenvalue weighted by molar-refractivity contribution is -0.144. The summed E-state index contributed by atoms with van der Waals surface area (Å²) in [6.07, 6.45) is 0.232. The third-order valence-electron chi connectivity index (χ3n) is 1.73. The van der Waals surface area contributed by atoms with E-state index in [0.717, 1.165) is 0 Å². The Hall–Kier alpha value is -1.26. The molecule has 70 valence electrons. The molecular weight excluding hydrogens is 172 g/mol. The molecule has 4 nitrogen and oxygen atoms in total. The van der Waals surface area contributed by atoms with Gasteiger partial charge in [0, 0.05) is 5.57 Å². The van der Waals surface area contributed by atoms with Gasteiger partial charge in [0.1, 0.15) is 0 Å². The van der Waals surface area contributed by atoms with E-state index in [2.05, 4.69) is 6.58 Å². The highest BCUT2D eigenvalue weighted by Gasteiger charge is 2.28. The number of hydrogen-bond donors (Lipinski definition) is 1. The molecule has 0 aromatic carbocycles. The molecule has 0 fully saturated rings. The number of aliphatic hydroxyl groups is 1. The second kappa shape index (κ2) is 3.64. The summed E-state index contributed by atoms with van der Waals surface area (Å²) in [5.41, 5.74) is 0.0633. The monoisotopic (exact) mass is 182 g/mol. The minimum Gasteiger partial charge on any atom is -0.365 e. The zero-order chi connectivity index (χ0) is 10.0. The first-order chi connectivity index (χ1) is 6.02. The summed E-state index contributed by atoms with van der Waals surface area (Å²) < 4.78 is 4.82. The predicted octanol–water partition coefficient (Wildman–Crippen LogP) is -0.0259. The molecule has 1 rings (SSSR count). The van der Waals surface area contributed by atoms with Crippen LogP contribution in [-0.2, 0) is 14.3 Å². The lowest BCUT2D eigenvalue weighted by Crippen LogP contribution is -2.34. The average molecular weight is 182 g/mol. The van der Waals surface area contributed by atoms with Crippen LogP contribution in [0, 0.1) is 0 Å². The maximum Gasteiger partial charge on any atom is 0.189 e. The van der Waals surface area contributed by atoms with Gasteiger partial charge in [-0.3, -0.25) is 9.59 Å². The summed E-state index contributed by atoms with van der Waals surface area (Å²) in [5, 5.41) is 9.01. The van der Waals surface area contributed by atoms with Crippen LogP contribution in [-0.4, -0.2) is 29.1 Å². The standard InChI is InChI=1S/C9H10O4/c1-5(6(2)10)9-7(11)3-4-8(12)13-9/h3-4,8-9,12H,1H2,2H3/t8-,9+/m0/s1. The normalized spacial score (nSPS) is 27.4. The molecule has 0 bridgehead atoms. The molecule has 4 heteroatoms. The van der Waals surface area contributed by atoms with E-state index in [-0.39, 0.29) is 17.1 Å². The summed E-state index contributed by atoms with van der Waals surface area (Å²) in [4.78, 5) is 22.0. The van der Waals surface area contributed by atoms with Crippen LogP contribution in [0.3, 0.4) is 0 Å². The molecule has 0 spiro atoms. The quantitative estimate of drug-likeness (QED) is 0.609. The van der Waals surface area contributed by atoms with Gasteiger partial charge in [0.15, 0.2) is 24.0 Å². The summed E-state index contributed by atoms with van der Waals surface area (Å²) in [7, 11) is 0. The number of carbonyl (C=O) groups is 2. The fourth-order valence-electron chi connectivity index (χ4n) is 0.955. The highest BCUT2D eigenvalue weighted by Crippen LogP contribution is 2.14. The molecule has 0 amide bonds. The smallest absolute Gasteiger partial charge is 0.189 e. The number of carbonyl (C=O) groups excluding carboxylic acids is 2. The molecule has 13 heavy (non-hydrogen) atoms. The largest absolute Gasteiger partial charge is 0.365 e. The third-order valence-corrected chi connectivity index (χ3v) is 1.73. The lowest BCUT2D eigenvalue weighted by atomic mass is 10.0. The van der Waals surface area contributed by atoms with Gasteiger partial charge >= 0.3 is 0 Å². The van der Waals surface area contributed by atoms with Crippen molar-refractivity contribution in [3.8, 4) is 0 Å². The first-order valence-electron chi connectivity index (χ1n) is 3.77. The number of aliphatic hydroxyl groups excluding tert-OH is 1. The fraction of sp³-hybridized carbons (Fsp3) is 0.333. The summed E-state index contributed by atoms with van der Waals surface area (Å²) in [5.74, 6) is -0.689. The van der Waals surface area contributed by atoms with Crippen molar-refractivity contribution < 1.29 is 19.4 Å². The van der Waals surface area contributed by atoms with Gasteiger partial charge in [-0.05, 0) is 19.1 Å². The van der Waals surface area contributed by atoms with E-state index in [1.165, 1.54) is 19.1 Å². The maximum absolute atomic E-state index is 11.1. The van der Waals surface area contributed by atoms with Gasteiger partial charge in [0.2, 0.25) is 0 Å². The minimum absolute atomic E-state index is 0.0633. The Morgan fingerprint density at radius 1 is 1.69 bits per heavy atom. The molecule has 0 aromatic rings. The van der Waals surface area contributed by atoms with Crippen LogP contribution in [0.2, 0.25) is 0 Å². The van der Waals surface area contributed by atoms with E-state index in [0.29, 0.717) is 0 Å². The first-order valence-corrected chi connectivity index (χ1v) is 3.77. The van der Waals surface area contributed by atoms with Crippen molar-refractivity contribution in [1.29, 1.82) is 0 Å².